The van der Waals surface area contributed by atoms with Crippen LogP contribution in [0.15, 0.2) is 18.2 Å². The molecule has 2 saturated carbocycles. The highest BCUT2D eigenvalue weighted by molar-refractivity contribution is 7.14. The summed E-state index contributed by atoms with van der Waals surface area (Å²) in [5.41, 5.74) is 2.02. The first kappa shape index (κ1) is 25.0. The van der Waals surface area contributed by atoms with Gasteiger partial charge in [-0.3, -0.25) is 4.79 Å². The fraction of sp³-hybridized carbons (Fsp3) is 0.692. The highest BCUT2D eigenvalue weighted by Gasteiger charge is 2.36. The number of hydrogen-bond acceptors (Lipinski definition) is 5. The van der Waals surface area contributed by atoms with E-state index in [0.717, 1.165) is 63.5 Å². The molecule has 0 saturated heterocycles. The predicted octanol–water partition coefficient (Wildman–Crippen LogP) is 6.21. The van der Waals surface area contributed by atoms with Crippen LogP contribution in [-0.4, -0.2) is 36.2 Å². The molecule has 0 bridgehead atoms. The molecule has 0 spiro atoms. The van der Waals surface area contributed by atoms with Gasteiger partial charge >= 0.3 is 5.97 Å². The van der Waals surface area contributed by atoms with Crippen LogP contribution in [0, 0.1) is 5.92 Å². The fourth-order valence-corrected chi connectivity index (χ4v) is 6.43. The summed E-state index contributed by atoms with van der Waals surface area (Å²) in [5.74, 6) is 0.0834. The molecule has 1 atom stereocenters. The number of thiophene rings is 1. The van der Waals surface area contributed by atoms with Crippen molar-refractivity contribution in [3.63, 3.8) is 0 Å². The van der Waals surface area contributed by atoms with Crippen LogP contribution in [0.1, 0.15) is 105 Å². The smallest absolute Gasteiger partial charge is 0.350 e. The van der Waals surface area contributed by atoms with Gasteiger partial charge < -0.3 is 14.7 Å². The molecule has 3 rings (SSSR count). The quantitative estimate of drug-likeness (QED) is 0.369. The van der Waals surface area contributed by atoms with Crippen molar-refractivity contribution in [3.05, 3.63) is 28.0 Å². The highest BCUT2D eigenvalue weighted by Crippen LogP contribution is 2.44. The Balaban J connectivity index is 2.02. The van der Waals surface area contributed by atoms with Gasteiger partial charge in [0.2, 0.25) is 5.91 Å². The standard InChI is InChI=1S/C26H39NO4S/c1-5-7-18(6-2)25(29)27(20-12-14-21(28)15-13-20)22-16-23(32-24(22)26(30)31-4)19-10-8-17(3)9-11-19/h16,18-21,28H,3,5-15H2,1-2,4H3. The SMILES string of the molecule is C=C1CCC(c2cc(N(C(=O)C(CC)CCC)C3CCC(O)CC3)c(C(=O)OC)s2)CC1. The van der Waals surface area contributed by atoms with E-state index in [4.69, 9.17) is 4.74 Å². The third kappa shape index (κ3) is 5.63. The third-order valence-electron chi connectivity index (χ3n) is 7.20. The van der Waals surface area contributed by atoms with Crippen LogP contribution < -0.4 is 4.90 Å². The molecule has 1 aromatic rings. The zero-order chi connectivity index (χ0) is 23.3. The molecule has 0 radical (unpaired) electrons. The first-order valence-electron chi connectivity index (χ1n) is 12.3. The Morgan fingerprint density at radius 1 is 1.19 bits per heavy atom. The molecule has 0 aromatic carbocycles. The van der Waals surface area contributed by atoms with E-state index >= 15 is 0 Å². The summed E-state index contributed by atoms with van der Waals surface area (Å²) < 4.78 is 5.14. The van der Waals surface area contributed by atoms with E-state index in [1.807, 2.05) is 4.90 Å². The summed E-state index contributed by atoms with van der Waals surface area (Å²) >= 11 is 1.50. The van der Waals surface area contributed by atoms with E-state index in [2.05, 4.69) is 26.5 Å². The maximum absolute atomic E-state index is 13.8. The second-order valence-electron chi connectivity index (χ2n) is 9.44. The number of carbonyl (C=O) groups excluding carboxylic acids is 2. The Hall–Kier alpha value is -1.66. The fourth-order valence-electron chi connectivity index (χ4n) is 5.19. The monoisotopic (exact) mass is 461 g/mol. The van der Waals surface area contributed by atoms with Crippen molar-refractivity contribution < 1.29 is 19.4 Å². The van der Waals surface area contributed by atoms with Gasteiger partial charge in [0.25, 0.3) is 0 Å². The van der Waals surface area contributed by atoms with Crippen molar-refractivity contribution in [2.75, 3.05) is 12.0 Å². The van der Waals surface area contributed by atoms with Crippen molar-refractivity contribution in [2.24, 2.45) is 5.92 Å². The van der Waals surface area contributed by atoms with Crippen molar-refractivity contribution in [1.82, 2.24) is 0 Å². The van der Waals surface area contributed by atoms with Crippen LogP contribution in [0.4, 0.5) is 5.69 Å². The summed E-state index contributed by atoms with van der Waals surface area (Å²) in [5, 5.41) is 10.1. The van der Waals surface area contributed by atoms with Gasteiger partial charge in [0.15, 0.2) is 0 Å². The zero-order valence-electron chi connectivity index (χ0n) is 19.9. The molecule has 1 heterocycles. The number of rotatable bonds is 8. The second-order valence-corrected chi connectivity index (χ2v) is 10.5. The number of anilines is 1. The lowest BCUT2D eigenvalue weighted by Gasteiger charge is -2.37. The minimum absolute atomic E-state index is 0.00814. The Morgan fingerprint density at radius 3 is 2.41 bits per heavy atom. The molecule has 32 heavy (non-hydrogen) atoms. The average molecular weight is 462 g/mol. The van der Waals surface area contributed by atoms with Gasteiger partial charge in [-0.2, -0.15) is 0 Å². The molecule has 5 nitrogen and oxygen atoms in total. The van der Waals surface area contributed by atoms with E-state index in [1.165, 1.54) is 28.9 Å². The van der Waals surface area contributed by atoms with Crippen molar-refractivity contribution in [1.29, 1.82) is 0 Å². The number of esters is 1. The summed E-state index contributed by atoms with van der Waals surface area (Å²) in [7, 11) is 1.41. The summed E-state index contributed by atoms with van der Waals surface area (Å²) in [6, 6.07) is 2.10. The topological polar surface area (TPSA) is 66.8 Å². The van der Waals surface area contributed by atoms with Crippen molar-refractivity contribution in [2.45, 2.75) is 103 Å². The molecule has 2 aliphatic rings. The van der Waals surface area contributed by atoms with E-state index in [-0.39, 0.29) is 29.9 Å². The molecule has 178 valence electrons. The Labute approximate surface area is 196 Å². The lowest BCUT2D eigenvalue weighted by atomic mass is 9.85. The normalized spacial score (nSPS) is 23.1. The number of methoxy groups -OCH3 is 1. The van der Waals surface area contributed by atoms with Gasteiger partial charge in [0.1, 0.15) is 4.88 Å². The van der Waals surface area contributed by atoms with E-state index < -0.39 is 0 Å². The van der Waals surface area contributed by atoms with Crippen LogP contribution in [0.25, 0.3) is 0 Å². The number of aliphatic hydroxyl groups excluding tert-OH is 1. The molecule has 1 unspecified atom stereocenters. The molecule has 1 N–H and O–H groups in total. The highest BCUT2D eigenvalue weighted by atomic mass is 32.1. The van der Waals surface area contributed by atoms with Gasteiger partial charge in [0, 0.05) is 16.8 Å². The number of carbonyl (C=O) groups is 2. The van der Waals surface area contributed by atoms with Crippen LogP contribution in [0.5, 0.6) is 0 Å². The van der Waals surface area contributed by atoms with Crippen LogP contribution in [0.2, 0.25) is 0 Å². The molecular weight excluding hydrogens is 422 g/mol. The molecule has 6 heteroatoms. The molecule has 2 fully saturated rings. The van der Waals surface area contributed by atoms with Gasteiger partial charge in [-0.05, 0) is 76.2 Å². The third-order valence-corrected chi connectivity index (χ3v) is 8.47. The van der Waals surface area contributed by atoms with Crippen LogP contribution in [0.3, 0.4) is 0 Å². The van der Waals surface area contributed by atoms with Gasteiger partial charge in [-0.1, -0.05) is 32.4 Å². The lowest BCUT2D eigenvalue weighted by Crippen LogP contribution is -2.46. The number of allylic oxidation sites excluding steroid dienone is 1. The predicted molar refractivity (Wildman–Crippen MR) is 130 cm³/mol. The summed E-state index contributed by atoms with van der Waals surface area (Å²) in [6.45, 7) is 8.30. The minimum atomic E-state index is -0.367. The molecule has 1 aromatic heterocycles. The number of amides is 1. The lowest BCUT2D eigenvalue weighted by molar-refractivity contribution is -0.123. The zero-order valence-corrected chi connectivity index (χ0v) is 20.7. The van der Waals surface area contributed by atoms with Crippen molar-refractivity contribution in [3.8, 4) is 0 Å². The summed E-state index contributed by atoms with van der Waals surface area (Å²) in [6.07, 6.45) is 9.28. The second kappa shape index (κ2) is 11.5. The van der Waals surface area contributed by atoms with Crippen LogP contribution in [-0.2, 0) is 9.53 Å². The Kier molecular flexibility index (Phi) is 8.95. The molecule has 1 amide bonds. The van der Waals surface area contributed by atoms with Gasteiger partial charge in [0.05, 0.1) is 18.9 Å². The largest absolute Gasteiger partial charge is 0.465 e. The van der Waals surface area contributed by atoms with Crippen LogP contribution >= 0.6 is 11.3 Å². The number of ether oxygens (including phenoxy) is 1. The Morgan fingerprint density at radius 2 is 1.84 bits per heavy atom. The van der Waals surface area contributed by atoms with E-state index in [9.17, 15) is 14.7 Å². The number of aliphatic hydroxyl groups is 1. The number of nitrogens with zero attached hydrogens (tertiary/aromatic N) is 1. The minimum Gasteiger partial charge on any atom is -0.465 e. The first-order valence-corrected chi connectivity index (χ1v) is 13.1. The van der Waals surface area contributed by atoms with Gasteiger partial charge in [-0.15, -0.1) is 11.3 Å². The summed E-state index contributed by atoms with van der Waals surface area (Å²) in [4.78, 5) is 30.3. The molecule has 2 aliphatic carbocycles. The average Bonchev–Trinajstić information content (AvgIpc) is 3.23. The van der Waals surface area contributed by atoms with E-state index in [1.54, 1.807) is 0 Å². The van der Waals surface area contributed by atoms with E-state index in [0.29, 0.717) is 23.6 Å². The maximum Gasteiger partial charge on any atom is 0.350 e. The maximum atomic E-state index is 13.8. The van der Waals surface area contributed by atoms with Crippen molar-refractivity contribution >= 4 is 28.9 Å². The Bertz CT molecular complexity index is 799. The number of hydrogen-bond donors (Lipinski definition) is 1. The van der Waals surface area contributed by atoms with Gasteiger partial charge in [-0.25, -0.2) is 4.79 Å². The first-order chi connectivity index (χ1) is 15.4. The molecule has 0 aliphatic heterocycles. The molecular formula is C26H39NO4S.